The SMILES string of the molecule is C[C@@H]1COCCN1c1cc(-c2cnc(N)c(Oc3cnn(C4CCN(C)CC4)c3)n2)cc([C@@]2(O)CCO[C@@H]2C)c1. The number of morpholine rings is 1. The van der Waals surface area contributed by atoms with E-state index < -0.39 is 5.60 Å². The Bertz CT molecular complexity index is 1340. The van der Waals surface area contributed by atoms with Crippen LogP contribution in [-0.2, 0) is 15.1 Å². The Hall–Kier alpha value is -3.25. The Morgan fingerprint density at radius 1 is 1.10 bits per heavy atom. The fraction of sp³-hybridized carbons (Fsp3) is 0.552. The minimum Gasteiger partial charge on any atom is -0.433 e. The molecule has 6 rings (SSSR count). The van der Waals surface area contributed by atoms with E-state index in [-0.39, 0.29) is 23.8 Å². The zero-order valence-electron chi connectivity index (χ0n) is 23.5. The highest BCUT2D eigenvalue weighted by Crippen LogP contribution is 2.40. The minimum absolute atomic E-state index is 0.196. The van der Waals surface area contributed by atoms with E-state index >= 15 is 0 Å². The van der Waals surface area contributed by atoms with E-state index in [1.165, 1.54) is 0 Å². The zero-order valence-corrected chi connectivity index (χ0v) is 23.5. The van der Waals surface area contributed by atoms with Crippen molar-refractivity contribution in [3.05, 3.63) is 42.4 Å². The molecule has 3 N–H and O–H groups in total. The third-order valence-corrected chi connectivity index (χ3v) is 8.56. The smallest absolute Gasteiger partial charge is 0.263 e. The van der Waals surface area contributed by atoms with Gasteiger partial charge in [-0.3, -0.25) is 4.68 Å². The van der Waals surface area contributed by atoms with E-state index in [1.807, 2.05) is 23.9 Å². The summed E-state index contributed by atoms with van der Waals surface area (Å²) in [6.07, 6.45) is 7.54. The van der Waals surface area contributed by atoms with Gasteiger partial charge in [-0.25, -0.2) is 9.97 Å². The first-order valence-electron chi connectivity index (χ1n) is 14.2. The Labute approximate surface area is 234 Å². The number of nitrogens with two attached hydrogens (primary N) is 1. The normalized spacial score (nSPS) is 26.4. The molecule has 3 atom stereocenters. The van der Waals surface area contributed by atoms with Crippen LogP contribution < -0.4 is 15.4 Å². The lowest BCUT2D eigenvalue weighted by Crippen LogP contribution is -2.44. The minimum atomic E-state index is -1.09. The van der Waals surface area contributed by atoms with Crippen molar-refractivity contribution in [2.75, 3.05) is 57.1 Å². The van der Waals surface area contributed by atoms with E-state index in [4.69, 9.17) is 24.9 Å². The Morgan fingerprint density at radius 2 is 1.93 bits per heavy atom. The second-order valence-corrected chi connectivity index (χ2v) is 11.3. The number of benzene rings is 1. The molecular formula is C29H39N7O4. The molecule has 3 fully saturated rings. The van der Waals surface area contributed by atoms with Crippen molar-refractivity contribution >= 4 is 11.5 Å². The average molecular weight is 550 g/mol. The lowest BCUT2D eigenvalue weighted by Gasteiger charge is -2.36. The number of anilines is 2. The number of nitrogen functional groups attached to an aromatic ring is 1. The van der Waals surface area contributed by atoms with Crippen molar-refractivity contribution in [2.24, 2.45) is 0 Å². The van der Waals surface area contributed by atoms with Crippen LogP contribution in [0.5, 0.6) is 11.6 Å². The van der Waals surface area contributed by atoms with Gasteiger partial charge in [0, 0.05) is 30.3 Å². The highest BCUT2D eigenvalue weighted by molar-refractivity contribution is 5.69. The van der Waals surface area contributed by atoms with Crippen molar-refractivity contribution in [3.8, 4) is 22.9 Å². The zero-order chi connectivity index (χ0) is 27.9. The van der Waals surface area contributed by atoms with Crippen LogP contribution >= 0.6 is 0 Å². The molecule has 3 aromatic rings. The van der Waals surface area contributed by atoms with E-state index in [2.05, 4.69) is 46.0 Å². The summed E-state index contributed by atoms with van der Waals surface area (Å²) in [4.78, 5) is 13.8. The number of likely N-dealkylation sites (tertiary alicyclic amines) is 1. The van der Waals surface area contributed by atoms with Gasteiger partial charge < -0.3 is 34.9 Å². The van der Waals surface area contributed by atoms with Gasteiger partial charge in [0.1, 0.15) is 5.60 Å². The van der Waals surface area contributed by atoms with Gasteiger partial charge in [0.2, 0.25) is 0 Å². The summed E-state index contributed by atoms with van der Waals surface area (Å²) in [5.41, 5.74) is 8.32. The van der Waals surface area contributed by atoms with Crippen LogP contribution in [0.4, 0.5) is 11.5 Å². The predicted octanol–water partition coefficient (Wildman–Crippen LogP) is 3.20. The summed E-state index contributed by atoms with van der Waals surface area (Å²) in [5.74, 6) is 0.994. The van der Waals surface area contributed by atoms with E-state index in [0.717, 1.165) is 49.3 Å². The van der Waals surface area contributed by atoms with E-state index in [1.54, 1.807) is 12.4 Å². The molecule has 5 heterocycles. The molecule has 3 saturated heterocycles. The molecule has 1 aromatic carbocycles. The number of aromatic nitrogens is 4. The van der Waals surface area contributed by atoms with Gasteiger partial charge in [-0.15, -0.1) is 0 Å². The molecule has 3 aliphatic rings. The monoisotopic (exact) mass is 549 g/mol. The standard InChI is InChI=1S/C29H39N7O4/c1-19-18-38-11-9-35(19)24-13-21(12-22(14-24)29(37)6-10-39-20(29)2)26-16-31-27(30)28(33-26)40-25-15-32-36(17-25)23-4-7-34(3)8-5-23/h12-17,19-20,23,37H,4-11,18H2,1-3H3,(H2,30,31)/t19-,20-,29-/m1/s1. The molecule has 11 nitrogen and oxygen atoms in total. The number of piperidine rings is 1. The van der Waals surface area contributed by atoms with Crippen LogP contribution in [0, 0.1) is 0 Å². The maximum atomic E-state index is 11.6. The van der Waals surface area contributed by atoms with Gasteiger partial charge in [-0.05, 0) is 70.6 Å². The lowest BCUT2D eigenvalue weighted by molar-refractivity contribution is -0.0316. The van der Waals surface area contributed by atoms with E-state index in [9.17, 15) is 5.11 Å². The molecule has 0 saturated carbocycles. The second-order valence-electron chi connectivity index (χ2n) is 11.3. The molecule has 0 radical (unpaired) electrons. The molecule has 0 spiro atoms. The molecule has 0 aliphatic carbocycles. The summed E-state index contributed by atoms with van der Waals surface area (Å²) in [6.45, 7) is 8.72. The molecule has 0 amide bonds. The van der Waals surface area contributed by atoms with Gasteiger partial charge >= 0.3 is 0 Å². The summed E-state index contributed by atoms with van der Waals surface area (Å²) >= 11 is 0. The van der Waals surface area contributed by atoms with Gasteiger partial charge in [0.05, 0.1) is 56.3 Å². The quantitative estimate of drug-likeness (QED) is 0.474. The Balaban J connectivity index is 1.32. The van der Waals surface area contributed by atoms with Gasteiger partial charge in [-0.2, -0.15) is 5.10 Å². The van der Waals surface area contributed by atoms with Crippen molar-refractivity contribution in [1.29, 1.82) is 0 Å². The second kappa shape index (κ2) is 11.0. The fourth-order valence-corrected chi connectivity index (χ4v) is 5.94. The third-order valence-electron chi connectivity index (χ3n) is 8.56. The third kappa shape index (κ3) is 5.26. The molecule has 40 heavy (non-hydrogen) atoms. The first-order valence-corrected chi connectivity index (χ1v) is 14.2. The molecule has 214 valence electrons. The topological polar surface area (TPSA) is 124 Å². The van der Waals surface area contributed by atoms with E-state index in [0.29, 0.717) is 43.7 Å². The number of aliphatic hydroxyl groups is 1. The maximum Gasteiger partial charge on any atom is 0.263 e. The van der Waals surface area contributed by atoms with Gasteiger partial charge in [-0.1, -0.05) is 0 Å². The molecule has 0 unspecified atom stereocenters. The first-order chi connectivity index (χ1) is 19.3. The average Bonchev–Trinajstić information content (AvgIpc) is 3.57. The summed E-state index contributed by atoms with van der Waals surface area (Å²) < 4.78 is 19.5. The fourth-order valence-electron chi connectivity index (χ4n) is 5.94. The van der Waals surface area contributed by atoms with Crippen molar-refractivity contribution in [3.63, 3.8) is 0 Å². The summed E-state index contributed by atoms with van der Waals surface area (Å²) in [7, 11) is 2.14. The number of hydrogen-bond donors (Lipinski definition) is 2. The van der Waals surface area contributed by atoms with Crippen molar-refractivity contribution < 1.29 is 19.3 Å². The van der Waals surface area contributed by atoms with Crippen LogP contribution in [0.25, 0.3) is 11.3 Å². The number of nitrogens with zero attached hydrogens (tertiary/aromatic N) is 6. The van der Waals surface area contributed by atoms with Crippen LogP contribution in [-0.4, -0.2) is 88.4 Å². The summed E-state index contributed by atoms with van der Waals surface area (Å²) in [5, 5.41) is 16.2. The van der Waals surface area contributed by atoms with Crippen LogP contribution in [0.1, 0.15) is 44.7 Å². The molecule has 2 aromatic heterocycles. The first kappa shape index (κ1) is 26.9. The van der Waals surface area contributed by atoms with Crippen LogP contribution in [0.2, 0.25) is 0 Å². The Morgan fingerprint density at radius 3 is 2.67 bits per heavy atom. The maximum absolute atomic E-state index is 11.6. The van der Waals surface area contributed by atoms with Gasteiger partial charge in [0.15, 0.2) is 11.6 Å². The highest BCUT2D eigenvalue weighted by atomic mass is 16.5. The number of ether oxygens (including phenoxy) is 3. The Kier molecular flexibility index (Phi) is 7.39. The molecule has 3 aliphatic heterocycles. The van der Waals surface area contributed by atoms with Crippen LogP contribution in [0.15, 0.2) is 36.8 Å². The predicted molar refractivity (Wildman–Crippen MR) is 152 cm³/mol. The lowest BCUT2D eigenvalue weighted by atomic mass is 9.86. The summed E-state index contributed by atoms with van der Waals surface area (Å²) in [6, 6.07) is 6.66. The van der Waals surface area contributed by atoms with Crippen LogP contribution in [0.3, 0.4) is 0 Å². The number of hydrogen-bond acceptors (Lipinski definition) is 10. The highest BCUT2D eigenvalue weighted by Gasteiger charge is 2.42. The van der Waals surface area contributed by atoms with Gasteiger partial charge in [0.25, 0.3) is 5.88 Å². The van der Waals surface area contributed by atoms with Crippen molar-refractivity contribution in [2.45, 2.75) is 56.9 Å². The largest absolute Gasteiger partial charge is 0.433 e. The molecule has 0 bridgehead atoms. The molecule has 11 heteroatoms. The number of rotatable bonds is 6. The molecular weight excluding hydrogens is 510 g/mol. The van der Waals surface area contributed by atoms with Crippen molar-refractivity contribution in [1.82, 2.24) is 24.6 Å².